The van der Waals surface area contributed by atoms with E-state index in [4.69, 9.17) is 0 Å². The lowest BCUT2D eigenvalue weighted by Crippen LogP contribution is -2.35. The van der Waals surface area contributed by atoms with E-state index in [1.807, 2.05) is 13.8 Å². The molecular formula is C12H15F3N2O. The van der Waals surface area contributed by atoms with Crippen molar-refractivity contribution in [3.05, 3.63) is 29.6 Å². The van der Waals surface area contributed by atoms with Crippen LogP contribution in [0.4, 0.5) is 18.9 Å². The third-order valence-corrected chi connectivity index (χ3v) is 2.54. The van der Waals surface area contributed by atoms with Gasteiger partial charge in [-0.15, -0.1) is 0 Å². The Hall–Kier alpha value is -1.72. The highest BCUT2D eigenvalue weighted by molar-refractivity contribution is 5.80. The number of amides is 1. The smallest absolute Gasteiger partial charge is 0.241 e. The third-order valence-electron chi connectivity index (χ3n) is 2.54. The maximum absolute atomic E-state index is 12.9. The fourth-order valence-corrected chi connectivity index (χ4v) is 1.52. The molecule has 0 heterocycles. The Kier molecular flexibility index (Phi) is 5.00. The first-order chi connectivity index (χ1) is 8.49. The van der Waals surface area contributed by atoms with Crippen molar-refractivity contribution in [2.24, 2.45) is 0 Å². The summed E-state index contributed by atoms with van der Waals surface area (Å²) in [6, 6.07) is 1.63. The van der Waals surface area contributed by atoms with Crippen molar-refractivity contribution >= 4 is 11.6 Å². The lowest BCUT2D eigenvalue weighted by molar-refractivity contribution is -0.128. The van der Waals surface area contributed by atoms with Crippen LogP contribution in [0.3, 0.4) is 0 Å². The molecule has 0 bridgehead atoms. The van der Waals surface area contributed by atoms with Gasteiger partial charge in [0.1, 0.15) is 0 Å². The fraction of sp³-hybridized carbons (Fsp3) is 0.417. The Morgan fingerprint density at radius 2 is 1.67 bits per heavy atom. The van der Waals surface area contributed by atoms with Crippen LogP contribution in [0, 0.1) is 17.5 Å². The van der Waals surface area contributed by atoms with Crippen LogP contribution >= 0.6 is 0 Å². The minimum atomic E-state index is -1.52. The Morgan fingerprint density at radius 1 is 1.17 bits per heavy atom. The second-order valence-electron chi connectivity index (χ2n) is 3.67. The molecule has 0 fully saturated rings. The monoisotopic (exact) mass is 260 g/mol. The van der Waals surface area contributed by atoms with Crippen LogP contribution in [-0.4, -0.2) is 30.4 Å². The summed E-state index contributed by atoms with van der Waals surface area (Å²) in [5, 5.41) is 2.56. The van der Waals surface area contributed by atoms with E-state index in [0.29, 0.717) is 13.1 Å². The van der Waals surface area contributed by atoms with Crippen molar-refractivity contribution in [2.75, 3.05) is 25.0 Å². The predicted octanol–water partition coefficient (Wildman–Crippen LogP) is 2.38. The molecule has 1 aromatic rings. The molecule has 1 N–H and O–H groups in total. The summed E-state index contributed by atoms with van der Waals surface area (Å²) in [7, 11) is 0. The molecule has 0 unspecified atom stereocenters. The maximum atomic E-state index is 12.9. The number of carbonyl (C=O) groups is 1. The summed E-state index contributed by atoms with van der Waals surface area (Å²) in [6.07, 6.45) is 0. The fourth-order valence-electron chi connectivity index (χ4n) is 1.52. The van der Waals surface area contributed by atoms with E-state index in [1.165, 1.54) is 0 Å². The molecule has 6 heteroatoms. The number of hydrogen-bond donors (Lipinski definition) is 1. The van der Waals surface area contributed by atoms with Crippen LogP contribution in [0.5, 0.6) is 0 Å². The zero-order chi connectivity index (χ0) is 13.7. The second kappa shape index (κ2) is 6.28. The van der Waals surface area contributed by atoms with Gasteiger partial charge < -0.3 is 10.2 Å². The largest absolute Gasteiger partial charge is 0.376 e. The van der Waals surface area contributed by atoms with Crippen molar-refractivity contribution in [3.8, 4) is 0 Å². The first kappa shape index (κ1) is 14.3. The SMILES string of the molecule is CCN(CC)C(=O)CNc1cc(F)c(F)c(F)c1. The number of nitrogens with zero attached hydrogens (tertiary/aromatic N) is 1. The van der Waals surface area contributed by atoms with E-state index < -0.39 is 17.5 Å². The van der Waals surface area contributed by atoms with Crippen LogP contribution in [0.25, 0.3) is 0 Å². The van der Waals surface area contributed by atoms with Gasteiger partial charge in [0, 0.05) is 30.9 Å². The van der Waals surface area contributed by atoms with E-state index in [1.54, 1.807) is 4.90 Å². The van der Waals surface area contributed by atoms with E-state index in [9.17, 15) is 18.0 Å². The number of carbonyl (C=O) groups excluding carboxylic acids is 1. The molecule has 0 saturated carbocycles. The summed E-state index contributed by atoms with van der Waals surface area (Å²) in [4.78, 5) is 13.2. The van der Waals surface area contributed by atoms with Crippen LogP contribution in [0.2, 0.25) is 0 Å². The lowest BCUT2D eigenvalue weighted by Gasteiger charge is -2.19. The van der Waals surface area contributed by atoms with Crippen LogP contribution < -0.4 is 5.32 Å². The zero-order valence-electron chi connectivity index (χ0n) is 10.3. The molecular weight excluding hydrogens is 245 g/mol. The van der Waals surface area contributed by atoms with Crippen LogP contribution in [0.15, 0.2) is 12.1 Å². The van der Waals surface area contributed by atoms with E-state index in [0.717, 1.165) is 12.1 Å². The Morgan fingerprint density at radius 3 is 2.11 bits per heavy atom. The standard InChI is InChI=1S/C12H15F3N2O/c1-3-17(4-2)11(18)7-16-8-5-9(13)12(15)10(14)6-8/h5-6,16H,3-4,7H2,1-2H3. The van der Waals surface area contributed by atoms with Gasteiger partial charge in [-0.1, -0.05) is 0 Å². The van der Waals surface area contributed by atoms with Crippen molar-refractivity contribution in [1.29, 1.82) is 0 Å². The van der Waals surface area contributed by atoms with Crippen LogP contribution in [0.1, 0.15) is 13.8 Å². The van der Waals surface area contributed by atoms with E-state index >= 15 is 0 Å². The highest BCUT2D eigenvalue weighted by Crippen LogP contribution is 2.17. The lowest BCUT2D eigenvalue weighted by atomic mass is 10.3. The molecule has 0 spiro atoms. The molecule has 0 atom stereocenters. The molecule has 0 aromatic heterocycles. The van der Waals surface area contributed by atoms with Gasteiger partial charge in [0.05, 0.1) is 6.54 Å². The predicted molar refractivity (Wildman–Crippen MR) is 62.7 cm³/mol. The number of benzene rings is 1. The molecule has 18 heavy (non-hydrogen) atoms. The molecule has 1 rings (SSSR count). The highest BCUT2D eigenvalue weighted by Gasteiger charge is 2.12. The highest BCUT2D eigenvalue weighted by atomic mass is 19.2. The van der Waals surface area contributed by atoms with E-state index in [-0.39, 0.29) is 18.1 Å². The summed E-state index contributed by atoms with van der Waals surface area (Å²) in [5.74, 6) is -4.28. The topological polar surface area (TPSA) is 32.3 Å². The number of likely N-dealkylation sites (N-methyl/N-ethyl adjacent to an activating group) is 1. The van der Waals surface area contributed by atoms with Gasteiger partial charge in [-0.2, -0.15) is 0 Å². The molecule has 0 radical (unpaired) electrons. The summed E-state index contributed by atoms with van der Waals surface area (Å²) < 4.78 is 38.5. The summed E-state index contributed by atoms with van der Waals surface area (Å²) in [5.41, 5.74) is 0.0342. The van der Waals surface area contributed by atoms with E-state index in [2.05, 4.69) is 5.32 Å². The molecule has 1 aromatic carbocycles. The van der Waals surface area contributed by atoms with Gasteiger partial charge in [0.25, 0.3) is 0 Å². The molecule has 0 aliphatic rings. The number of nitrogens with one attached hydrogen (secondary N) is 1. The number of halogens is 3. The van der Waals surface area contributed by atoms with Crippen molar-refractivity contribution in [3.63, 3.8) is 0 Å². The van der Waals surface area contributed by atoms with Gasteiger partial charge >= 0.3 is 0 Å². The summed E-state index contributed by atoms with van der Waals surface area (Å²) in [6.45, 7) is 4.69. The Labute approximate surface area is 104 Å². The number of anilines is 1. The average Bonchev–Trinajstić information content (AvgIpc) is 2.34. The molecule has 0 aliphatic heterocycles. The minimum Gasteiger partial charge on any atom is -0.376 e. The number of hydrogen-bond acceptors (Lipinski definition) is 2. The Balaban J connectivity index is 2.67. The molecule has 0 saturated heterocycles. The van der Waals surface area contributed by atoms with Gasteiger partial charge in [0.15, 0.2) is 17.5 Å². The second-order valence-corrected chi connectivity index (χ2v) is 3.67. The molecule has 3 nitrogen and oxygen atoms in total. The minimum absolute atomic E-state index is 0.0342. The first-order valence-electron chi connectivity index (χ1n) is 5.65. The van der Waals surface area contributed by atoms with Crippen LogP contribution in [-0.2, 0) is 4.79 Å². The van der Waals surface area contributed by atoms with Gasteiger partial charge in [-0.3, -0.25) is 4.79 Å². The average molecular weight is 260 g/mol. The molecule has 1 amide bonds. The normalized spacial score (nSPS) is 10.3. The van der Waals surface area contributed by atoms with Crippen molar-refractivity contribution in [1.82, 2.24) is 4.90 Å². The van der Waals surface area contributed by atoms with Gasteiger partial charge in [-0.05, 0) is 13.8 Å². The van der Waals surface area contributed by atoms with Crippen molar-refractivity contribution < 1.29 is 18.0 Å². The quantitative estimate of drug-likeness (QED) is 0.824. The summed E-state index contributed by atoms with van der Waals surface area (Å²) >= 11 is 0. The van der Waals surface area contributed by atoms with Crippen molar-refractivity contribution in [2.45, 2.75) is 13.8 Å². The zero-order valence-corrected chi connectivity index (χ0v) is 10.3. The van der Waals surface area contributed by atoms with Gasteiger partial charge in [-0.25, -0.2) is 13.2 Å². The Bertz CT molecular complexity index is 410. The maximum Gasteiger partial charge on any atom is 0.241 e. The number of rotatable bonds is 5. The van der Waals surface area contributed by atoms with Gasteiger partial charge in [0.2, 0.25) is 5.91 Å². The third kappa shape index (κ3) is 3.38. The first-order valence-corrected chi connectivity index (χ1v) is 5.65. The molecule has 100 valence electrons. The molecule has 0 aliphatic carbocycles.